The normalized spacial score (nSPS) is 12.9. The van der Waals surface area contributed by atoms with E-state index in [1.165, 1.54) is 0 Å². The van der Waals surface area contributed by atoms with Crippen molar-refractivity contribution < 1.29 is 9.47 Å². The zero-order valence-corrected chi connectivity index (χ0v) is 6.39. The maximum atomic E-state index is 4.96. The molecule has 0 saturated heterocycles. The fourth-order valence-electron chi connectivity index (χ4n) is 0.463. The first-order valence-electron chi connectivity index (χ1n) is 2.84. The Morgan fingerprint density at radius 2 is 1.78 bits per heavy atom. The number of methoxy groups -OCH3 is 2. The molecule has 0 rings (SSSR count). The van der Waals surface area contributed by atoms with Crippen molar-refractivity contribution in [1.29, 1.82) is 0 Å². The number of rotatable bonds is 3. The van der Waals surface area contributed by atoms with Crippen LogP contribution in [-0.2, 0) is 9.47 Å². The van der Waals surface area contributed by atoms with Crippen LogP contribution in [0, 0.1) is 6.08 Å². The van der Waals surface area contributed by atoms with Gasteiger partial charge in [-0.1, -0.05) is 6.08 Å². The third kappa shape index (κ3) is 2.63. The van der Waals surface area contributed by atoms with E-state index in [-0.39, 0.29) is 0 Å². The monoisotopic (exact) mass is 129 g/mol. The van der Waals surface area contributed by atoms with Gasteiger partial charge in [0.05, 0.1) is 0 Å². The first kappa shape index (κ1) is 8.66. The Morgan fingerprint density at radius 1 is 1.33 bits per heavy atom. The molecule has 0 saturated carbocycles. The highest BCUT2D eigenvalue weighted by Crippen LogP contribution is 2.09. The molecule has 0 aromatic rings. The van der Waals surface area contributed by atoms with E-state index < -0.39 is 5.79 Å². The van der Waals surface area contributed by atoms with Crippen molar-refractivity contribution in [3.05, 3.63) is 12.2 Å². The smallest absolute Gasteiger partial charge is 0.191 e. The fourth-order valence-corrected chi connectivity index (χ4v) is 0.463. The highest BCUT2D eigenvalue weighted by molar-refractivity contribution is 4.81. The molecule has 2 nitrogen and oxygen atoms in total. The molecule has 0 aliphatic rings. The molecular formula is C7H13O2. The lowest BCUT2D eigenvalue weighted by Crippen LogP contribution is -2.26. The lowest BCUT2D eigenvalue weighted by Gasteiger charge is -2.20. The summed E-state index contributed by atoms with van der Waals surface area (Å²) in [6, 6.07) is 0. The molecule has 0 atom stereocenters. The van der Waals surface area contributed by atoms with Crippen molar-refractivity contribution in [2.75, 3.05) is 14.2 Å². The fraction of sp³-hybridized carbons (Fsp3) is 0.714. The van der Waals surface area contributed by atoms with Gasteiger partial charge in [-0.2, -0.15) is 0 Å². The van der Waals surface area contributed by atoms with Gasteiger partial charge in [-0.15, -0.1) is 0 Å². The molecule has 9 heavy (non-hydrogen) atoms. The van der Waals surface area contributed by atoms with Gasteiger partial charge >= 0.3 is 0 Å². The van der Waals surface area contributed by atoms with E-state index in [1.807, 2.05) is 6.92 Å². The number of ether oxygens (including phenoxy) is 2. The minimum Gasteiger partial charge on any atom is -0.349 e. The molecule has 0 aromatic carbocycles. The van der Waals surface area contributed by atoms with Crippen molar-refractivity contribution >= 4 is 0 Å². The maximum Gasteiger partial charge on any atom is 0.191 e. The van der Waals surface area contributed by atoms with Crippen LogP contribution >= 0.6 is 0 Å². The molecule has 0 heterocycles. The summed E-state index contributed by atoms with van der Waals surface area (Å²) in [4.78, 5) is 0. The first-order chi connectivity index (χ1) is 4.18. The van der Waals surface area contributed by atoms with E-state index in [0.717, 1.165) is 0 Å². The third-order valence-electron chi connectivity index (χ3n) is 1.19. The molecule has 1 radical (unpaired) electrons. The molecule has 0 unspecified atom stereocenters. The lowest BCUT2D eigenvalue weighted by molar-refractivity contribution is -0.161. The van der Waals surface area contributed by atoms with Gasteiger partial charge in [-0.3, -0.25) is 0 Å². The summed E-state index contributed by atoms with van der Waals surface area (Å²) < 4.78 is 9.93. The number of allylic oxidation sites excluding steroid dienone is 1. The van der Waals surface area contributed by atoms with E-state index >= 15 is 0 Å². The van der Waals surface area contributed by atoms with E-state index in [9.17, 15) is 0 Å². The standard InChI is InChI=1S/C7H13O2/c1-5-6-7(2,8-3)9-4/h5H,1-4H3. The minimum absolute atomic E-state index is 0.672. The van der Waals surface area contributed by atoms with Crippen molar-refractivity contribution in [2.45, 2.75) is 19.6 Å². The molecule has 2 heteroatoms. The van der Waals surface area contributed by atoms with Crippen LogP contribution in [0.2, 0.25) is 0 Å². The Bertz CT molecular complexity index is 93.1. The Morgan fingerprint density at radius 3 is 1.89 bits per heavy atom. The molecule has 0 spiro atoms. The van der Waals surface area contributed by atoms with Crippen molar-refractivity contribution in [2.24, 2.45) is 0 Å². The maximum absolute atomic E-state index is 4.96. The van der Waals surface area contributed by atoms with Crippen LogP contribution in [-0.4, -0.2) is 20.0 Å². The van der Waals surface area contributed by atoms with Crippen LogP contribution in [0.15, 0.2) is 6.08 Å². The molecule has 0 aliphatic carbocycles. The van der Waals surface area contributed by atoms with Crippen LogP contribution in [0.5, 0.6) is 0 Å². The quantitative estimate of drug-likeness (QED) is 0.536. The number of hydrogen-bond acceptors (Lipinski definition) is 2. The molecule has 0 aliphatic heterocycles. The van der Waals surface area contributed by atoms with Crippen LogP contribution in [0.1, 0.15) is 13.8 Å². The van der Waals surface area contributed by atoms with Gasteiger partial charge < -0.3 is 9.47 Å². The summed E-state index contributed by atoms with van der Waals surface area (Å²) in [6.07, 6.45) is 4.66. The van der Waals surface area contributed by atoms with Gasteiger partial charge in [0, 0.05) is 20.3 Å². The minimum atomic E-state index is -0.672. The summed E-state index contributed by atoms with van der Waals surface area (Å²) in [5.74, 6) is -0.672. The second-order valence-corrected chi connectivity index (χ2v) is 1.79. The Hall–Kier alpha value is -0.340. The van der Waals surface area contributed by atoms with Crippen LogP contribution in [0.4, 0.5) is 0 Å². The van der Waals surface area contributed by atoms with Gasteiger partial charge in [-0.25, -0.2) is 0 Å². The van der Waals surface area contributed by atoms with Gasteiger partial charge in [0.1, 0.15) is 0 Å². The largest absolute Gasteiger partial charge is 0.349 e. The van der Waals surface area contributed by atoms with Gasteiger partial charge in [0.15, 0.2) is 5.79 Å². The Labute approximate surface area is 56.5 Å². The SMILES string of the molecule is C/C=[C]/C(C)(OC)OC. The Kier molecular flexibility index (Phi) is 3.50. The summed E-state index contributed by atoms with van der Waals surface area (Å²) in [7, 11) is 3.17. The van der Waals surface area contributed by atoms with Crippen molar-refractivity contribution in [3.8, 4) is 0 Å². The molecular weight excluding hydrogens is 116 g/mol. The average molecular weight is 129 g/mol. The summed E-state index contributed by atoms with van der Waals surface area (Å²) in [5.41, 5.74) is 0. The summed E-state index contributed by atoms with van der Waals surface area (Å²) in [6.45, 7) is 3.67. The van der Waals surface area contributed by atoms with E-state index in [0.29, 0.717) is 0 Å². The Balaban J connectivity index is 3.92. The van der Waals surface area contributed by atoms with E-state index in [2.05, 4.69) is 6.08 Å². The molecule has 0 bridgehead atoms. The molecule has 53 valence electrons. The van der Waals surface area contributed by atoms with Crippen LogP contribution in [0.3, 0.4) is 0 Å². The van der Waals surface area contributed by atoms with Crippen LogP contribution < -0.4 is 0 Å². The van der Waals surface area contributed by atoms with E-state index in [4.69, 9.17) is 9.47 Å². The van der Waals surface area contributed by atoms with E-state index in [1.54, 1.807) is 27.2 Å². The second-order valence-electron chi connectivity index (χ2n) is 1.79. The first-order valence-corrected chi connectivity index (χ1v) is 2.84. The van der Waals surface area contributed by atoms with Gasteiger partial charge in [-0.05, 0) is 13.8 Å². The van der Waals surface area contributed by atoms with Gasteiger partial charge in [0.2, 0.25) is 0 Å². The third-order valence-corrected chi connectivity index (χ3v) is 1.19. The van der Waals surface area contributed by atoms with Gasteiger partial charge in [0.25, 0.3) is 0 Å². The topological polar surface area (TPSA) is 18.5 Å². The molecule has 0 N–H and O–H groups in total. The predicted molar refractivity (Wildman–Crippen MR) is 35.9 cm³/mol. The summed E-state index contributed by atoms with van der Waals surface area (Å²) in [5, 5.41) is 0. The lowest BCUT2D eigenvalue weighted by atomic mass is 10.3. The van der Waals surface area contributed by atoms with Crippen molar-refractivity contribution in [3.63, 3.8) is 0 Å². The highest BCUT2D eigenvalue weighted by Gasteiger charge is 2.17. The average Bonchev–Trinajstić information content (AvgIpc) is 1.89. The van der Waals surface area contributed by atoms with Crippen molar-refractivity contribution in [1.82, 2.24) is 0 Å². The number of hydrogen-bond donors (Lipinski definition) is 0. The zero-order valence-electron chi connectivity index (χ0n) is 6.39. The molecule has 0 fully saturated rings. The molecule has 0 amide bonds. The highest BCUT2D eigenvalue weighted by atomic mass is 16.7. The van der Waals surface area contributed by atoms with Crippen LogP contribution in [0.25, 0.3) is 0 Å². The second kappa shape index (κ2) is 3.64. The predicted octanol–water partition coefficient (Wildman–Crippen LogP) is 1.37. The molecule has 0 aromatic heterocycles. The summed E-state index contributed by atoms with van der Waals surface area (Å²) >= 11 is 0. The zero-order chi connectivity index (χ0) is 7.33.